The summed E-state index contributed by atoms with van der Waals surface area (Å²) in [4.78, 5) is 30.7. The summed E-state index contributed by atoms with van der Waals surface area (Å²) in [6.45, 7) is -0.0459. The summed E-state index contributed by atoms with van der Waals surface area (Å²) in [6, 6.07) is 0. The fourth-order valence-corrected chi connectivity index (χ4v) is 0.367. The lowest BCUT2D eigenvalue weighted by molar-refractivity contribution is -0.139. The maximum atomic E-state index is 10.6. The molecule has 0 saturated heterocycles. The highest BCUT2D eigenvalue weighted by atomic mass is 16.2. The van der Waals surface area contributed by atoms with Gasteiger partial charge in [-0.15, -0.1) is 0 Å². The Hall–Kier alpha value is -1.59. The maximum Gasteiger partial charge on any atom is 0.310 e. The van der Waals surface area contributed by atoms with Crippen molar-refractivity contribution in [3.8, 4) is 0 Å². The molecular weight excluding hydrogens is 150 g/mol. The Morgan fingerprint density at radius 2 is 2.00 bits per heavy atom. The van der Waals surface area contributed by atoms with Crippen molar-refractivity contribution in [3.05, 3.63) is 0 Å². The highest BCUT2D eigenvalue weighted by molar-refractivity contribution is 6.34. The highest BCUT2D eigenvalue weighted by Gasteiger charge is 2.08. The standard InChI is InChI=1S/C5H9N3O3/c1-6-4(10)5(11)8-2-7-3-9/h3H,2H2,1H3,(H,6,10)(H,7,9)(H,8,11). The first-order valence-electron chi connectivity index (χ1n) is 2.89. The van der Waals surface area contributed by atoms with Gasteiger partial charge in [0.25, 0.3) is 0 Å². The van der Waals surface area contributed by atoms with Gasteiger partial charge in [-0.25, -0.2) is 0 Å². The monoisotopic (exact) mass is 159 g/mol. The van der Waals surface area contributed by atoms with E-state index >= 15 is 0 Å². The lowest BCUT2D eigenvalue weighted by Gasteiger charge is -2.00. The molecule has 0 aromatic carbocycles. The molecule has 11 heavy (non-hydrogen) atoms. The van der Waals surface area contributed by atoms with Crippen molar-refractivity contribution in [1.29, 1.82) is 0 Å². The molecule has 6 nitrogen and oxygen atoms in total. The molecule has 0 aliphatic carbocycles. The van der Waals surface area contributed by atoms with Crippen LogP contribution in [0.5, 0.6) is 0 Å². The summed E-state index contributed by atoms with van der Waals surface area (Å²) >= 11 is 0. The molecule has 62 valence electrons. The van der Waals surface area contributed by atoms with Gasteiger partial charge in [0.05, 0.1) is 6.67 Å². The molecule has 6 heteroatoms. The molecule has 0 heterocycles. The Balaban J connectivity index is 3.52. The molecule has 0 aromatic heterocycles. The number of hydrogen-bond acceptors (Lipinski definition) is 3. The number of likely N-dealkylation sites (N-methyl/N-ethyl adjacent to an activating group) is 1. The van der Waals surface area contributed by atoms with Crippen molar-refractivity contribution in [2.24, 2.45) is 0 Å². The van der Waals surface area contributed by atoms with Crippen LogP contribution in [0.3, 0.4) is 0 Å². The van der Waals surface area contributed by atoms with Gasteiger partial charge in [-0.05, 0) is 0 Å². The number of carbonyl (C=O) groups is 3. The second kappa shape index (κ2) is 5.21. The minimum atomic E-state index is -0.776. The molecule has 0 atom stereocenters. The number of nitrogens with one attached hydrogen (secondary N) is 3. The largest absolute Gasteiger partial charge is 0.351 e. The van der Waals surface area contributed by atoms with Crippen molar-refractivity contribution in [3.63, 3.8) is 0 Å². The third kappa shape index (κ3) is 3.90. The van der Waals surface area contributed by atoms with E-state index in [2.05, 4.69) is 16.0 Å². The Morgan fingerprint density at radius 3 is 2.45 bits per heavy atom. The van der Waals surface area contributed by atoms with E-state index < -0.39 is 11.8 Å². The summed E-state index contributed by atoms with van der Waals surface area (Å²) < 4.78 is 0. The number of rotatable bonds is 3. The first-order valence-corrected chi connectivity index (χ1v) is 2.89. The summed E-state index contributed by atoms with van der Waals surface area (Å²) in [6.07, 6.45) is 0.421. The van der Waals surface area contributed by atoms with E-state index in [0.717, 1.165) is 0 Å². The molecule has 0 bridgehead atoms. The molecule has 0 aromatic rings. The van der Waals surface area contributed by atoms with E-state index in [1.165, 1.54) is 7.05 Å². The van der Waals surface area contributed by atoms with Crippen LogP contribution < -0.4 is 16.0 Å². The van der Waals surface area contributed by atoms with E-state index in [9.17, 15) is 14.4 Å². The van der Waals surface area contributed by atoms with E-state index in [-0.39, 0.29) is 6.67 Å². The quantitative estimate of drug-likeness (QED) is 0.185. The Kier molecular flexibility index (Phi) is 4.46. The van der Waals surface area contributed by atoms with E-state index in [0.29, 0.717) is 6.41 Å². The minimum absolute atomic E-state index is 0.0459. The van der Waals surface area contributed by atoms with E-state index in [1.54, 1.807) is 0 Å². The predicted octanol–water partition coefficient (Wildman–Crippen LogP) is -2.45. The van der Waals surface area contributed by atoms with E-state index in [1.807, 2.05) is 0 Å². The molecule has 0 fully saturated rings. The molecule has 0 rings (SSSR count). The molecule has 0 saturated carbocycles. The van der Waals surface area contributed by atoms with Crippen molar-refractivity contribution in [1.82, 2.24) is 16.0 Å². The molecule has 0 radical (unpaired) electrons. The average molecular weight is 159 g/mol. The van der Waals surface area contributed by atoms with Crippen molar-refractivity contribution >= 4 is 18.2 Å². The fourth-order valence-electron chi connectivity index (χ4n) is 0.367. The Bertz CT molecular complexity index is 168. The lowest BCUT2D eigenvalue weighted by atomic mass is 10.5. The zero-order valence-corrected chi connectivity index (χ0v) is 6.01. The van der Waals surface area contributed by atoms with Crippen molar-refractivity contribution in [2.45, 2.75) is 0 Å². The highest BCUT2D eigenvalue weighted by Crippen LogP contribution is 1.62. The van der Waals surface area contributed by atoms with Gasteiger partial charge in [0.2, 0.25) is 6.41 Å². The zero-order valence-electron chi connectivity index (χ0n) is 6.01. The number of hydrogen-bond donors (Lipinski definition) is 3. The molecule has 0 aliphatic rings. The van der Waals surface area contributed by atoms with Crippen molar-refractivity contribution < 1.29 is 14.4 Å². The van der Waals surface area contributed by atoms with Crippen molar-refractivity contribution in [2.75, 3.05) is 13.7 Å². The number of carbonyl (C=O) groups excluding carboxylic acids is 3. The van der Waals surface area contributed by atoms with Crippen LogP contribution in [0.15, 0.2) is 0 Å². The van der Waals surface area contributed by atoms with Gasteiger partial charge >= 0.3 is 11.8 Å². The molecule has 0 aliphatic heterocycles. The second-order valence-corrected chi connectivity index (χ2v) is 1.58. The van der Waals surface area contributed by atoms with Gasteiger partial charge < -0.3 is 16.0 Å². The molecular formula is C5H9N3O3. The second-order valence-electron chi connectivity index (χ2n) is 1.58. The van der Waals surface area contributed by atoms with Crippen LogP contribution in [0.4, 0.5) is 0 Å². The van der Waals surface area contributed by atoms with Crippen LogP contribution in [0.2, 0.25) is 0 Å². The molecule has 0 unspecified atom stereocenters. The van der Waals surface area contributed by atoms with Gasteiger partial charge in [0, 0.05) is 7.05 Å². The Morgan fingerprint density at radius 1 is 1.36 bits per heavy atom. The molecule has 3 amide bonds. The van der Waals surface area contributed by atoms with E-state index in [4.69, 9.17) is 0 Å². The predicted molar refractivity (Wildman–Crippen MR) is 36.3 cm³/mol. The van der Waals surface area contributed by atoms with Gasteiger partial charge in [-0.3, -0.25) is 14.4 Å². The third-order valence-electron chi connectivity index (χ3n) is 0.868. The average Bonchev–Trinajstić information content (AvgIpc) is 2.03. The number of amides is 3. The van der Waals surface area contributed by atoms with Gasteiger partial charge in [0.15, 0.2) is 0 Å². The maximum absolute atomic E-state index is 10.6. The Labute approximate surface area is 63.3 Å². The summed E-state index contributed by atoms with van der Waals surface area (Å²) in [5.74, 6) is -1.51. The smallest absolute Gasteiger partial charge is 0.310 e. The van der Waals surface area contributed by atoms with Crippen LogP contribution >= 0.6 is 0 Å². The molecule has 0 spiro atoms. The van der Waals surface area contributed by atoms with Crippen LogP contribution in [0.25, 0.3) is 0 Å². The molecule has 3 N–H and O–H groups in total. The topological polar surface area (TPSA) is 87.3 Å². The first-order chi connectivity index (χ1) is 5.22. The third-order valence-corrected chi connectivity index (χ3v) is 0.868. The fraction of sp³-hybridized carbons (Fsp3) is 0.400. The minimum Gasteiger partial charge on any atom is -0.351 e. The SMILES string of the molecule is CNC(=O)C(=O)NCNC=O. The normalized spacial score (nSPS) is 8.09. The van der Waals surface area contributed by atoms with Gasteiger partial charge in [-0.2, -0.15) is 0 Å². The van der Waals surface area contributed by atoms with Crippen LogP contribution in [0, 0.1) is 0 Å². The summed E-state index contributed by atoms with van der Waals surface area (Å²) in [7, 11) is 1.34. The van der Waals surface area contributed by atoms with Gasteiger partial charge in [0.1, 0.15) is 0 Å². The lowest BCUT2D eigenvalue weighted by Crippen LogP contribution is -2.42. The van der Waals surface area contributed by atoms with Crippen LogP contribution in [-0.4, -0.2) is 31.9 Å². The van der Waals surface area contributed by atoms with Crippen LogP contribution in [-0.2, 0) is 14.4 Å². The zero-order chi connectivity index (χ0) is 8.69. The first kappa shape index (κ1) is 9.41. The summed E-state index contributed by atoms with van der Waals surface area (Å²) in [5.41, 5.74) is 0. The van der Waals surface area contributed by atoms with Crippen LogP contribution in [0.1, 0.15) is 0 Å². The van der Waals surface area contributed by atoms with Gasteiger partial charge in [-0.1, -0.05) is 0 Å². The summed E-state index contributed by atoms with van der Waals surface area (Å²) in [5, 5.41) is 6.43.